The van der Waals surface area contributed by atoms with E-state index in [9.17, 15) is 4.79 Å². The van der Waals surface area contributed by atoms with Crippen LogP contribution in [0.15, 0.2) is 0 Å². The molecule has 2 atom stereocenters. The Morgan fingerprint density at radius 2 is 1.95 bits per heavy atom. The van der Waals surface area contributed by atoms with Crippen LogP contribution in [0.3, 0.4) is 0 Å². The summed E-state index contributed by atoms with van der Waals surface area (Å²) in [4.78, 5) is 13.8. The van der Waals surface area contributed by atoms with Crippen molar-refractivity contribution in [3.8, 4) is 0 Å². The third-order valence-electron chi connectivity index (χ3n) is 4.56. The van der Waals surface area contributed by atoms with E-state index in [1.165, 1.54) is 19.3 Å². The third kappa shape index (κ3) is 5.13. The van der Waals surface area contributed by atoms with Gasteiger partial charge in [-0.25, -0.2) is 0 Å². The summed E-state index contributed by atoms with van der Waals surface area (Å²) in [6.45, 7) is 13.6. The zero-order valence-electron chi connectivity index (χ0n) is 13.5. The zero-order chi connectivity index (χ0) is 14.5. The number of hydrogen-bond acceptors (Lipinski definition) is 2. The van der Waals surface area contributed by atoms with E-state index in [-0.39, 0.29) is 5.91 Å². The summed E-state index contributed by atoms with van der Waals surface area (Å²) in [6.07, 6.45) is 4.45. The maximum atomic E-state index is 11.9. The van der Waals surface area contributed by atoms with Gasteiger partial charge in [0.15, 0.2) is 0 Å². The predicted molar refractivity (Wildman–Crippen MR) is 81.1 cm³/mol. The Labute approximate surface area is 119 Å². The van der Waals surface area contributed by atoms with Crippen LogP contribution in [-0.2, 0) is 4.79 Å². The summed E-state index contributed by atoms with van der Waals surface area (Å²) in [5.41, 5.74) is 0.495. The Balaban J connectivity index is 2.28. The van der Waals surface area contributed by atoms with Crippen LogP contribution in [0.25, 0.3) is 0 Å². The first-order valence-electron chi connectivity index (χ1n) is 7.90. The standard InChI is InChI=1S/C16H32N2O/c1-6-18(7-2)15(19)9-11-17-14-8-10-16(4,5)12-13(14)3/h13-14,17H,6-12H2,1-5H3. The van der Waals surface area contributed by atoms with Gasteiger partial charge in [-0.15, -0.1) is 0 Å². The summed E-state index contributed by atoms with van der Waals surface area (Å²) in [7, 11) is 0. The molecule has 1 amide bonds. The quantitative estimate of drug-likeness (QED) is 0.803. The van der Waals surface area contributed by atoms with Gasteiger partial charge in [-0.05, 0) is 44.4 Å². The number of nitrogens with zero attached hydrogens (tertiary/aromatic N) is 1. The van der Waals surface area contributed by atoms with Gasteiger partial charge in [0.1, 0.15) is 0 Å². The van der Waals surface area contributed by atoms with Crippen molar-refractivity contribution in [2.24, 2.45) is 11.3 Å². The minimum Gasteiger partial charge on any atom is -0.343 e. The predicted octanol–water partition coefficient (Wildman–Crippen LogP) is 3.05. The number of carbonyl (C=O) groups excluding carboxylic acids is 1. The van der Waals surface area contributed by atoms with Crippen LogP contribution >= 0.6 is 0 Å². The summed E-state index contributed by atoms with van der Waals surface area (Å²) in [5, 5.41) is 3.60. The van der Waals surface area contributed by atoms with Gasteiger partial charge >= 0.3 is 0 Å². The van der Waals surface area contributed by atoms with Crippen molar-refractivity contribution in [3.63, 3.8) is 0 Å². The highest BCUT2D eigenvalue weighted by Crippen LogP contribution is 2.38. The largest absolute Gasteiger partial charge is 0.343 e. The molecule has 112 valence electrons. The fourth-order valence-corrected chi connectivity index (χ4v) is 3.35. The Bertz CT molecular complexity index is 284. The normalized spacial score (nSPS) is 26.2. The number of nitrogens with one attached hydrogen (secondary N) is 1. The van der Waals surface area contributed by atoms with Crippen LogP contribution in [-0.4, -0.2) is 36.5 Å². The SMILES string of the molecule is CCN(CC)C(=O)CCNC1CCC(C)(C)CC1C. The molecule has 1 aliphatic carbocycles. The molecule has 3 nitrogen and oxygen atoms in total. The smallest absolute Gasteiger partial charge is 0.223 e. The van der Waals surface area contributed by atoms with E-state index in [0.29, 0.717) is 23.8 Å². The third-order valence-corrected chi connectivity index (χ3v) is 4.56. The van der Waals surface area contributed by atoms with Crippen LogP contribution in [0.2, 0.25) is 0 Å². The van der Waals surface area contributed by atoms with Crippen molar-refractivity contribution in [2.45, 2.75) is 66.3 Å². The molecular formula is C16H32N2O. The van der Waals surface area contributed by atoms with Crippen molar-refractivity contribution < 1.29 is 4.79 Å². The fourth-order valence-electron chi connectivity index (χ4n) is 3.35. The van der Waals surface area contributed by atoms with Crippen molar-refractivity contribution in [3.05, 3.63) is 0 Å². The van der Waals surface area contributed by atoms with Crippen LogP contribution in [0.4, 0.5) is 0 Å². The molecule has 0 aromatic carbocycles. The van der Waals surface area contributed by atoms with E-state index in [2.05, 4.69) is 26.1 Å². The van der Waals surface area contributed by atoms with Gasteiger partial charge in [0.05, 0.1) is 0 Å². The van der Waals surface area contributed by atoms with Crippen LogP contribution < -0.4 is 5.32 Å². The molecular weight excluding hydrogens is 236 g/mol. The Morgan fingerprint density at radius 1 is 1.32 bits per heavy atom. The van der Waals surface area contributed by atoms with E-state index < -0.39 is 0 Å². The van der Waals surface area contributed by atoms with E-state index in [0.717, 1.165) is 19.6 Å². The summed E-state index contributed by atoms with van der Waals surface area (Å²) in [6, 6.07) is 0.595. The molecule has 0 heterocycles. The van der Waals surface area contributed by atoms with Gasteiger partial charge in [0.2, 0.25) is 5.91 Å². The molecule has 1 fully saturated rings. The highest BCUT2D eigenvalue weighted by molar-refractivity contribution is 5.76. The van der Waals surface area contributed by atoms with E-state index in [1.807, 2.05) is 18.7 Å². The molecule has 1 saturated carbocycles. The first-order valence-corrected chi connectivity index (χ1v) is 7.90. The Hall–Kier alpha value is -0.570. The molecule has 0 radical (unpaired) electrons. The van der Waals surface area contributed by atoms with Crippen molar-refractivity contribution >= 4 is 5.91 Å². The average molecular weight is 268 g/mol. The van der Waals surface area contributed by atoms with Crippen LogP contribution in [0.5, 0.6) is 0 Å². The van der Waals surface area contributed by atoms with E-state index in [1.54, 1.807) is 0 Å². The lowest BCUT2D eigenvalue weighted by atomic mass is 9.70. The van der Waals surface area contributed by atoms with Gasteiger partial charge in [-0.1, -0.05) is 20.8 Å². The lowest BCUT2D eigenvalue weighted by molar-refractivity contribution is -0.130. The van der Waals surface area contributed by atoms with Crippen LogP contribution in [0.1, 0.15) is 60.3 Å². The van der Waals surface area contributed by atoms with Crippen molar-refractivity contribution in [1.29, 1.82) is 0 Å². The maximum Gasteiger partial charge on any atom is 0.223 e. The molecule has 0 aliphatic heterocycles. The zero-order valence-corrected chi connectivity index (χ0v) is 13.5. The number of rotatable bonds is 6. The molecule has 0 aromatic heterocycles. The topological polar surface area (TPSA) is 32.3 Å². The molecule has 0 spiro atoms. The van der Waals surface area contributed by atoms with Gasteiger partial charge in [0.25, 0.3) is 0 Å². The minimum atomic E-state index is 0.279. The first-order chi connectivity index (χ1) is 8.89. The van der Waals surface area contributed by atoms with Crippen LogP contribution in [0, 0.1) is 11.3 Å². The highest BCUT2D eigenvalue weighted by atomic mass is 16.2. The fraction of sp³-hybridized carbons (Fsp3) is 0.938. The molecule has 0 saturated heterocycles. The van der Waals surface area contributed by atoms with Gasteiger partial charge in [-0.2, -0.15) is 0 Å². The highest BCUT2D eigenvalue weighted by Gasteiger charge is 2.31. The van der Waals surface area contributed by atoms with Gasteiger partial charge in [0, 0.05) is 32.1 Å². The Morgan fingerprint density at radius 3 is 2.47 bits per heavy atom. The lowest BCUT2D eigenvalue weighted by Crippen LogP contribution is -2.43. The molecule has 1 N–H and O–H groups in total. The summed E-state index contributed by atoms with van der Waals surface area (Å²) < 4.78 is 0. The maximum absolute atomic E-state index is 11.9. The number of hydrogen-bond donors (Lipinski definition) is 1. The number of amides is 1. The Kier molecular flexibility index (Phi) is 6.31. The molecule has 1 aliphatic rings. The first kappa shape index (κ1) is 16.5. The van der Waals surface area contributed by atoms with E-state index >= 15 is 0 Å². The second-order valence-electron chi connectivity index (χ2n) is 6.76. The van der Waals surface area contributed by atoms with Crippen molar-refractivity contribution in [1.82, 2.24) is 10.2 Å². The van der Waals surface area contributed by atoms with Gasteiger partial charge in [-0.3, -0.25) is 4.79 Å². The molecule has 3 heteroatoms. The molecule has 19 heavy (non-hydrogen) atoms. The summed E-state index contributed by atoms with van der Waals surface area (Å²) >= 11 is 0. The van der Waals surface area contributed by atoms with E-state index in [4.69, 9.17) is 0 Å². The molecule has 2 unspecified atom stereocenters. The summed E-state index contributed by atoms with van der Waals surface area (Å²) in [5.74, 6) is 0.994. The van der Waals surface area contributed by atoms with Gasteiger partial charge < -0.3 is 10.2 Å². The lowest BCUT2D eigenvalue weighted by Gasteiger charge is -2.39. The molecule has 1 rings (SSSR count). The second kappa shape index (κ2) is 7.28. The monoisotopic (exact) mass is 268 g/mol. The average Bonchev–Trinajstić information content (AvgIpc) is 2.33. The minimum absolute atomic E-state index is 0.279. The molecule has 0 aromatic rings. The van der Waals surface area contributed by atoms with Crippen molar-refractivity contribution in [2.75, 3.05) is 19.6 Å². The number of carbonyl (C=O) groups is 1. The molecule has 0 bridgehead atoms. The second-order valence-corrected chi connectivity index (χ2v) is 6.76.